The fourth-order valence-electron chi connectivity index (χ4n) is 2.77. The van der Waals surface area contributed by atoms with Gasteiger partial charge in [0.25, 0.3) is 0 Å². The molecule has 1 heterocycles. The predicted octanol–water partition coefficient (Wildman–Crippen LogP) is 3.59. The number of anilines is 2. The molecule has 0 radical (unpaired) electrons. The number of urea groups is 1. The first-order chi connectivity index (χ1) is 11.3. The molecule has 24 heavy (non-hydrogen) atoms. The number of aromatic nitrogens is 1. The van der Waals surface area contributed by atoms with Gasteiger partial charge in [-0.15, -0.1) is 0 Å². The van der Waals surface area contributed by atoms with Crippen LogP contribution in [0.3, 0.4) is 0 Å². The van der Waals surface area contributed by atoms with E-state index in [1.165, 1.54) is 0 Å². The van der Waals surface area contributed by atoms with E-state index in [0.717, 1.165) is 34.0 Å². The first-order valence-corrected chi connectivity index (χ1v) is 8.05. The molecule has 0 unspecified atom stereocenters. The Morgan fingerprint density at radius 1 is 1.29 bits per heavy atom. The van der Waals surface area contributed by atoms with E-state index in [1.807, 2.05) is 64.9 Å². The second kappa shape index (κ2) is 7.38. The zero-order chi connectivity index (χ0) is 17.9. The summed E-state index contributed by atoms with van der Waals surface area (Å²) in [5, 5.41) is 9.77. The van der Waals surface area contributed by atoms with E-state index in [4.69, 9.17) is 4.52 Å². The van der Waals surface area contributed by atoms with Crippen LogP contribution in [0.15, 0.2) is 22.7 Å². The van der Waals surface area contributed by atoms with Gasteiger partial charge in [-0.05, 0) is 44.5 Å². The summed E-state index contributed by atoms with van der Waals surface area (Å²) in [4.78, 5) is 14.2. The highest BCUT2D eigenvalue weighted by Gasteiger charge is 2.17. The van der Waals surface area contributed by atoms with Crippen LogP contribution in [-0.4, -0.2) is 31.8 Å². The van der Waals surface area contributed by atoms with Crippen molar-refractivity contribution < 1.29 is 9.32 Å². The quantitative estimate of drug-likeness (QED) is 0.879. The highest BCUT2D eigenvalue weighted by molar-refractivity contribution is 5.90. The van der Waals surface area contributed by atoms with Crippen molar-refractivity contribution in [2.45, 2.75) is 33.6 Å². The number of hydrogen-bond acceptors (Lipinski definition) is 4. The summed E-state index contributed by atoms with van der Waals surface area (Å²) in [6.07, 6.45) is 0. The zero-order valence-electron chi connectivity index (χ0n) is 15.2. The third kappa shape index (κ3) is 4.07. The number of benzene rings is 1. The lowest BCUT2D eigenvalue weighted by atomic mass is 10.00. The molecule has 6 heteroatoms. The number of rotatable bonds is 5. The van der Waals surface area contributed by atoms with Gasteiger partial charge in [0.05, 0.1) is 5.69 Å². The molecule has 1 aromatic carbocycles. The topological polar surface area (TPSA) is 70.4 Å². The molecule has 1 aromatic heterocycles. The highest BCUT2D eigenvalue weighted by Crippen LogP contribution is 2.23. The normalized spacial score (nSPS) is 11.9. The molecule has 0 saturated heterocycles. The number of amides is 2. The van der Waals surface area contributed by atoms with Crippen LogP contribution in [0.1, 0.15) is 35.4 Å². The van der Waals surface area contributed by atoms with Gasteiger partial charge in [-0.2, -0.15) is 0 Å². The minimum atomic E-state index is -0.214. The summed E-state index contributed by atoms with van der Waals surface area (Å²) in [6.45, 7) is 8.35. The van der Waals surface area contributed by atoms with Gasteiger partial charge in [0.2, 0.25) is 0 Å². The molecule has 1 atom stereocenters. The van der Waals surface area contributed by atoms with Crippen LogP contribution in [0.2, 0.25) is 0 Å². The van der Waals surface area contributed by atoms with E-state index in [9.17, 15) is 4.79 Å². The van der Waals surface area contributed by atoms with Crippen molar-refractivity contribution in [2.75, 3.05) is 30.9 Å². The molecule has 0 aliphatic carbocycles. The second-order valence-corrected chi connectivity index (χ2v) is 6.37. The van der Waals surface area contributed by atoms with Crippen molar-refractivity contribution in [3.8, 4) is 0 Å². The Labute approximate surface area is 143 Å². The molecule has 0 saturated carbocycles. The molecule has 2 amide bonds. The summed E-state index contributed by atoms with van der Waals surface area (Å²) in [7, 11) is 3.98. The smallest absolute Gasteiger partial charge is 0.319 e. The molecule has 130 valence electrons. The molecule has 6 nitrogen and oxygen atoms in total. The molecular weight excluding hydrogens is 304 g/mol. The Morgan fingerprint density at radius 2 is 2.00 bits per heavy atom. The third-order valence-electron chi connectivity index (χ3n) is 4.12. The molecule has 0 aliphatic heterocycles. The van der Waals surface area contributed by atoms with Gasteiger partial charge in [-0.3, -0.25) is 0 Å². The Bertz CT molecular complexity index is 702. The van der Waals surface area contributed by atoms with E-state index in [2.05, 4.69) is 15.8 Å². The van der Waals surface area contributed by atoms with E-state index >= 15 is 0 Å². The van der Waals surface area contributed by atoms with Crippen molar-refractivity contribution in [2.24, 2.45) is 0 Å². The standard InChI is InChI=1S/C18H26N4O2/c1-11-9-15(22(5)6)7-8-16(11)20-18(23)19-10-12(2)17-13(3)21-24-14(17)4/h7-9,12H,10H2,1-6H3,(H2,19,20,23)/t12-/m1/s1. The van der Waals surface area contributed by atoms with Crippen molar-refractivity contribution in [1.82, 2.24) is 10.5 Å². The number of carbonyl (C=O) groups is 1. The van der Waals surface area contributed by atoms with Gasteiger partial charge in [-0.25, -0.2) is 4.79 Å². The summed E-state index contributed by atoms with van der Waals surface area (Å²) < 4.78 is 5.18. The van der Waals surface area contributed by atoms with Gasteiger partial charge in [-0.1, -0.05) is 12.1 Å². The van der Waals surface area contributed by atoms with Gasteiger partial charge < -0.3 is 20.1 Å². The first kappa shape index (κ1) is 17.8. The first-order valence-electron chi connectivity index (χ1n) is 8.05. The summed E-state index contributed by atoms with van der Waals surface area (Å²) in [6, 6.07) is 5.73. The van der Waals surface area contributed by atoms with E-state index in [-0.39, 0.29) is 11.9 Å². The highest BCUT2D eigenvalue weighted by atomic mass is 16.5. The molecule has 2 N–H and O–H groups in total. The summed E-state index contributed by atoms with van der Waals surface area (Å²) >= 11 is 0. The summed E-state index contributed by atoms with van der Waals surface area (Å²) in [5.41, 5.74) is 4.86. The number of carbonyl (C=O) groups excluding carboxylic acids is 1. The van der Waals surface area contributed by atoms with Crippen LogP contribution in [0.5, 0.6) is 0 Å². The predicted molar refractivity (Wildman–Crippen MR) is 96.9 cm³/mol. The van der Waals surface area contributed by atoms with Crippen LogP contribution >= 0.6 is 0 Å². The number of hydrogen-bond donors (Lipinski definition) is 2. The maximum atomic E-state index is 12.2. The zero-order valence-corrected chi connectivity index (χ0v) is 15.2. The van der Waals surface area contributed by atoms with Gasteiger partial charge in [0, 0.05) is 43.5 Å². The number of nitrogens with one attached hydrogen (secondary N) is 2. The Morgan fingerprint density at radius 3 is 2.54 bits per heavy atom. The maximum Gasteiger partial charge on any atom is 0.319 e. The lowest BCUT2D eigenvalue weighted by Crippen LogP contribution is -2.32. The van der Waals surface area contributed by atoms with Crippen molar-refractivity contribution >= 4 is 17.4 Å². The largest absolute Gasteiger partial charge is 0.378 e. The van der Waals surface area contributed by atoms with Gasteiger partial charge in [0.15, 0.2) is 0 Å². The molecule has 2 rings (SSSR count). The third-order valence-corrected chi connectivity index (χ3v) is 4.12. The van der Waals surface area contributed by atoms with Crippen molar-refractivity contribution in [1.29, 1.82) is 0 Å². The molecular formula is C18H26N4O2. The minimum absolute atomic E-state index is 0.138. The second-order valence-electron chi connectivity index (χ2n) is 6.37. The average molecular weight is 330 g/mol. The van der Waals surface area contributed by atoms with Crippen molar-refractivity contribution in [3.63, 3.8) is 0 Å². The Hall–Kier alpha value is -2.50. The Balaban J connectivity index is 1.94. The lowest BCUT2D eigenvalue weighted by Gasteiger charge is -2.17. The van der Waals surface area contributed by atoms with Crippen LogP contribution in [0.25, 0.3) is 0 Å². The average Bonchev–Trinajstić information content (AvgIpc) is 2.85. The SMILES string of the molecule is Cc1cc(N(C)C)ccc1NC(=O)NC[C@@H](C)c1c(C)noc1C. The van der Waals surface area contributed by atoms with Crippen molar-refractivity contribution in [3.05, 3.63) is 40.8 Å². The summed E-state index contributed by atoms with van der Waals surface area (Å²) in [5.74, 6) is 0.941. The molecule has 2 aromatic rings. The lowest BCUT2D eigenvalue weighted by molar-refractivity contribution is 0.251. The monoisotopic (exact) mass is 330 g/mol. The fourth-order valence-corrected chi connectivity index (χ4v) is 2.77. The van der Waals surface area contributed by atoms with Crippen LogP contribution in [0.4, 0.5) is 16.2 Å². The molecule has 0 aliphatic rings. The van der Waals surface area contributed by atoms with Gasteiger partial charge >= 0.3 is 6.03 Å². The number of nitrogens with zero attached hydrogens (tertiary/aromatic N) is 2. The molecule has 0 spiro atoms. The maximum absolute atomic E-state index is 12.2. The Kier molecular flexibility index (Phi) is 5.49. The van der Waals surface area contributed by atoms with Crippen LogP contribution in [0, 0.1) is 20.8 Å². The van der Waals surface area contributed by atoms with Crippen LogP contribution < -0.4 is 15.5 Å². The molecule has 0 bridgehead atoms. The molecule has 0 fully saturated rings. The van der Waals surface area contributed by atoms with Crippen LogP contribution in [-0.2, 0) is 0 Å². The van der Waals surface area contributed by atoms with Gasteiger partial charge in [0.1, 0.15) is 5.76 Å². The minimum Gasteiger partial charge on any atom is -0.378 e. The van der Waals surface area contributed by atoms with E-state index < -0.39 is 0 Å². The fraction of sp³-hybridized carbons (Fsp3) is 0.444. The van der Waals surface area contributed by atoms with E-state index in [0.29, 0.717) is 6.54 Å². The number of aryl methyl sites for hydroxylation is 3. The van der Waals surface area contributed by atoms with E-state index in [1.54, 1.807) is 0 Å².